The van der Waals surface area contributed by atoms with E-state index in [-0.39, 0.29) is 0 Å². The van der Waals surface area contributed by atoms with Gasteiger partial charge in [0.15, 0.2) is 0 Å². The van der Waals surface area contributed by atoms with Crippen LogP contribution in [0.4, 0.5) is 5.69 Å². The number of anilines is 1. The Bertz CT molecular complexity index is 572. The van der Waals surface area contributed by atoms with Crippen LogP contribution in [0.5, 0.6) is 0 Å². The lowest BCUT2D eigenvalue weighted by atomic mass is 9.86. The Hall–Kier alpha value is -0.960. The molecule has 4 atom stereocenters. The summed E-state index contributed by atoms with van der Waals surface area (Å²) in [5, 5.41) is 0.585. The summed E-state index contributed by atoms with van der Waals surface area (Å²) in [4.78, 5) is 16.3. The Balaban J connectivity index is 1.52. The molecular weight excluding hydrogens is 290 g/mol. The van der Waals surface area contributed by atoms with Gasteiger partial charge in [-0.2, -0.15) is 0 Å². The van der Waals surface area contributed by atoms with E-state index in [0.29, 0.717) is 17.1 Å². The van der Waals surface area contributed by atoms with Crippen molar-refractivity contribution in [2.24, 2.45) is 17.8 Å². The molecule has 0 radical (unpaired) electrons. The fourth-order valence-electron chi connectivity index (χ4n) is 4.71. The summed E-state index contributed by atoms with van der Waals surface area (Å²) >= 11 is 1.91. The number of nitrogens with zero attached hydrogens (tertiary/aromatic N) is 1. The first-order valence-electron chi connectivity index (χ1n) is 8.76. The molecule has 0 spiro atoms. The first kappa shape index (κ1) is 14.6. The lowest BCUT2D eigenvalue weighted by Gasteiger charge is -2.27. The van der Waals surface area contributed by atoms with Gasteiger partial charge in [-0.05, 0) is 55.6 Å². The molecule has 2 fully saturated rings. The molecule has 4 unspecified atom stereocenters. The molecule has 0 N–H and O–H groups in total. The third kappa shape index (κ3) is 2.68. The van der Waals surface area contributed by atoms with Crippen molar-refractivity contribution in [3.8, 4) is 0 Å². The molecule has 2 saturated carbocycles. The number of amides is 1. The number of thioether (sulfide) groups is 1. The van der Waals surface area contributed by atoms with Crippen molar-refractivity contribution >= 4 is 23.4 Å². The van der Waals surface area contributed by atoms with Crippen LogP contribution in [-0.2, 0) is 4.79 Å². The van der Waals surface area contributed by atoms with Gasteiger partial charge in [-0.25, -0.2) is 0 Å². The summed E-state index contributed by atoms with van der Waals surface area (Å²) in [6.07, 6.45) is 7.33. The maximum Gasteiger partial charge on any atom is 0.227 e. The molecule has 0 saturated heterocycles. The largest absolute Gasteiger partial charge is 0.311 e. The molecule has 2 nitrogen and oxygen atoms in total. The second-order valence-corrected chi connectivity index (χ2v) is 8.85. The van der Waals surface area contributed by atoms with E-state index in [1.807, 2.05) is 11.8 Å². The van der Waals surface area contributed by atoms with Gasteiger partial charge >= 0.3 is 0 Å². The SMILES string of the molecule is CC1CCN(C(=O)CC2CC3CCC2C3)c2ccccc2S1. The van der Waals surface area contributed by atoms with Crippen LogP contribution in [0.25, 0.3) is 0 Å². The number of hydrogen-bond acceptors (Lipinski definition) is 2. The standard InChI is InChI=1S/C19H25NOS/c1-13-8-9-20(17-4-2-3-5-18(17)22-13)19(21)12-16-11-14-6-7-15(16)10-14/h2-5,13-16H,6-12H2,1H3. The predicted octanol–water partition coefficient (Wildman–Crippen LogP) is 4.73. The third-order valence-corrected chi connectivity index (χ3v) is 7.10. The highest BCUT2D eigenvalue weighted by Gasteiger charge is 2.41. The number of hydrogen-bond donors (Lipinski definition) is 0. The fraction of sp³-hybridized carbons (Fsp3) is 0.632. The zero-order valence-electron chi connectivity index (χ0n) is 13.3. The van der Waals surface area contributed by atoms with Crippen molar-refractivity contribution in [3.63, 3.8) is 0 Å². The zero-order chi connectivity index (χ0) is 15.1. The summed E-state index contributed by atoms with van der Waals surface area (Å²) in [5.74, 6) is 2.78. The van der Waals surface area contributed by atoms with Gasteiger partial charge in [-0.1, -0.05) is 25.5 Å². The van der Waals surface area contributed by atoms with E-state index >= 15 is 0 Å². The Kier molecular flexibility index (Phi) is 3.93. The molecule has 2 bridgehead atoms. The molecule has 4 rings (SSSR count). The first-order chi connectivity index (χ1) is 10.7. The summed E-state index contributed by atoms with van der Waals surface area (Å²) in [5.41, 5.74) is 1.14. The van der Waals surface area contributed by atoms with Crippen molar-refractivity contribution in [2.75, 3.05) is 11.4 Å². The highest BCUT2D eigenvalue weighted by atomic mass is 32.2. The van der Waals surface area contributed by atoms with Crippen LogP contribution in [0.15, 0.2) is 29.2 Å². The molecule has 2 aliphatic carbocycles. The average molecular weight is 315 g/mol. The highest BCUT2D eigenvalue weighted by Crippen LogP contribution is 2.50. The molecule has 3 heteroatoms. The highest BCUT2D eigenvalue weighted by molar-refractivity contribution is 8.00. The normalized spacial score (nSPS) is 33.6. The number of para-hydroxylation sites is 1. The number of carbonyl (C=O) groups excluding carboxylic acids is 1. The first-order valence-corrected chi connectivity index (χ1v) is 9.64. The lowest BCUT2D eigenvalue weighted by molar-refractivity contribution is -0.119. The second kappa shape index (κ2) is 5.92. The van der Waals surface area contributed by atoms with Crippen LogP contribution in [-0.4, -0.2) is 17.7 Å². The number of benzene rings is 1. The number of carbonyl (C=O) groups is 1. The van der Waals surface area contributed by atoms with E-state index in [1.54, 1.807) is 0 Å². The van der Waals surface area contributed by atoms with Crippen molar-refractivity contribution in [1.29, 1.82) is 0 Å². The topological polar surface area (TPSA) is 20.3 Å². The zero-order valence-corrected chi connectivity index (χ0v) is 14.1. The van der Waals surface area contributed by atoms with Gasteiger partial charge in [0, 0.05) is 23.1 Å². The molecule has 3 aliphatic rings. The second-order valence-electron chi connectivity index (χ2n) is 7.37. The monoisotopic (exact) mass is 315 g/mol. The van der Waals surface area contributed by atoms with Crippen molar-refractivity contribution in [3.05, 3.63) is 24.3 Å². The van der Waals surface area contributed by atoms with Crippen LogP contribution in [0.2, 0.25) is 0 Å². The summed E-state index contributed by atoms with van der Waals surface area (Å²) in [7, 11) is 0. The Morgan fingerprint density at radius 3 is 2.86 bits per heavy atom. The van der Waals surface area contributed by atoms with E-state index in [1.165, 1.54) is 30.6 Å². The van der Waals surface area contributed by atoms with E-state index in [9.17, 15) is 4.79 Å². The minimum Gasteiger partial charge on any atom is -0.311 e. The Labute approximate surface area is 137 Å². The molecule has 1 heterocycles. The van der Waals surface area contributed by atoms with Gasteiger partial charge in [-0.15, -0.1) is 11.8 Å². The maximum atomic E-state index is 13.0. The molecule has 1 amide bonds. The minimum atomic E-state index is 0.361. The predicted molar refractivity (Wildman–Crippen MR) is 92.3 cm³/mol. The fourth-order valence-corrected chi connectivity index (χ4v) is 5.82. The van der Waals surface area contributed by atoms with E-state index in [4.69, 9.17) is 0 Å². The molecule has 22 heavy (non-hydrogen) atoms. The van der Waals surface area contributed by atoms with Crippen molar-refractivity contribution < 1.29 is 4.79 Å². The minimum absolute atomic E-state index is 0.361. The molecule has 1 aromatic carbocycles. The van der Waals surface area contributed by atoms with Crippen LogP contribution < -0.4 is 4.90 Å². The average Bonchev–Trinajstić information content (AvgIpc) is 3.07. The Morgan fingerprint density at radius 1 is 1.23 bits per heavy atom. The summed E-state index contributed by atoms with van der Waals surface area (Å²) in [6, 6.07) is 8.44. The summed E-state index contributed by atoms with van der Waals surface area (Å²) < 4.78 is 0. The third-order valence-electron chi connectivity index (χ3n) is 5.87. The Morgan fingerprint density at radius 2 is 2.09 bits per heavy atom. The van der Waals surface area contributed by atoms with Gasteiger partial charge in [-0.3, -0.25) is 4.79 Å². The maximum absolute atomic E-state index is 13.0. The van der Waals surface area contributed by atoms with Gasteiger partial charge in [0.2, 0.25) is 5.91 Å². The van der Waals surface area contributed by atoms with Gasteiger partial charge in [0.25, 0.3) is 0 Å². The molecule has 118 valence electrons. The number of rotatable bonds is 2. The van der Waals surface area contributed by atoms with E-state index < -0.39 is 0 Å². The van der Waals surface area contributed by atoms with Crippen LogP contribution in [0.3, 0.4) is 0 Å². The lowest BCUT2D eigenvalue weighted by Crippen LogP contribution is -2.34. The summed E-state index contributed by atoms with van der Waals surface area (Å²) in [6.45, 7) is 3.15. The van der Waals surface area contributed by atoms with Crippen LogP contribution in [0, 0.1) is 17.8 Å². The van der Waals surface area contributed by atoms with Gasteiger partial charge in [0.05, 0.1) is 5.69 Å². The van der Waals surface area contributed by atoms with Crippen LogP contribution in [0.1, 0.15) is 45.4 Å². The van der Waals surface area contributed by atoms with E-state index in [0.717, 1.165) is 36.9 Å². The molecule has 1 aliphatic heterocycles. The smallest absolute Gasteiger partial charge is 0.227 e. The van der Waals surface area contributed by atoms with Crippen molar-refractivity contribution in [2.45, 2.75) is 55.6 Å². The molecule has 1 aromatic rings. The van der Waals surface area contributed by atoms with Gasteiger partial charge in [0.1, 0.15) is 0 Å². The van der Waals surface area contributed by atoms with Crippen molar-refractivity contribution in [1.82, 2.24) is 0 Å². The quantitative estimate of drug-likeness (QED) is 0.786. The molecule has 0 aromatic heterocycles. The van der Waals surface area contributed by atoms with Crippen LogP contribution >= 0.6 is 11.8 Å². The molecular formula is C19H25NOS. The van der Waals surface area contributed by atoms with E-state index in [2.05, 4.69) is 36.1 Å². The van der Waals surface area contributed by atoms with Gasteiger partial charge < -0.3 is 4.90 Å². The number of fused-ring (bicyclic) bond motifs is 3.